The van der Waals surface area contributed by atoms with Crippen LogP contribution in [0.3, 0.4) is 0 Å². The lowest BCUT2D eigenvalue weighted by Crippen LogP contribution is -2.65. The average Bonchev–Trinajstić information content (AvgIpc) is 3.11. The van der Waals surface area contributed by atoms with E-state index in [1.165, 1.54) is 4.90 Å². The van der Waals surface area contributed by atoms with Crippen LogP contribution in [-0.4, -0.2) is 56.8 Å². The molecule has 9 heteroatoms. The van der Waals surface area contributed by atoms with Crippen molar-refractivity contribution in [1.82, 2.24) is 25.4 Å². The van der Waals surface area contributed by atoms with Crippen LogP contribution in [0.15, 0.2) is 48.8 Å². The first-order valence-electron chi connectivity index (χ1n) is 8.49. The Hall–Kier alpha value is -3.46. The molecule has 0 aliphatic carbocycles. The number of amides is 2. The van der Waals surface area contributed by atoms with Gasteiger partial charge in [0.1, 0.15) is 11.3 Å². The number of nitrogens with zero attached hydrogens (tertiary/aromatic N) is 3. The van der Waals surface area contributed by atoms with Crippen LogP contribution in [0.25, 0.3) is 10.9 Å². The second kappa shape index (κ2) is 6.69. The number of nitrogens with one attached hydrogen (secondary N) is 3. The molecule has 1 aromatic carbocycles. The smallest absolute Gasteiger partial charge is 0.408 e. The van der Waals surface area contributed by atoms with Crippen molar-refractivity contribution in [3.63, 3.8) is 0 Å². The maximum atomic E-state index is 13.4. The Morgan fingerprint density at radius 3 is 2.81 bits per heavy atom. The predicted molar refractivity (Wildman–Crippen MR) is 98.2 cm³/mol. The fourth-order valence-corrected chi connectivity index (χ4v) is 3.49. The highest BCUT2D eigenvalue weighted by Gasteiger charge is 2.50. The summed E-state index contributed by atoms with van der Waals surface area (Å²) in [4.78, 5) is 30.6. The SMILES string of the molecule is O=C(O)N1CCNCC1(C(=O)Nc1[nH]nc2cnccc12)c1ccccc1. The van der Waals surface area contributed by atoms with Crippen LogP contribution < -0.4 is 10.6 Å². The number of piperazine rings is 1. The van der Waals surface area contributed by atoms with Crippen LogP contribution in [0.2, 0.25) is 0 Å². The third-order valence-electron chi connectivity index (χ3n) is 4.81. The van der Waals surface area contributed by atoms with Gasteiger partial charge in [-0.25, -0.2) is 4.79 Å². The van der Waals surface area contributed by atoms with Crippen LogP contribution >= 0.6 is 0 Å². The third-order valence-corrected chi connectivity index (χ3v) is 4.81. The number of rotatable bonds is 3. The lowest BCUT2D eigenvalue weighted by molar-refractivity contribution is -0.128. The minimum atomic E-state index is -1.39. The molecule has 9 nitrogen and oxygen atoms in total. The Balaban J connectivity index is 1.78. The molecule has 1 saturated heterocycles. The molecule has 4 N–H and O–H groups in total. The van der Waals surface area contributed by atoms with Gasteiger partial charge in [-0.15, -0.1) is 0 Å². The van der Waals surface area contributed by atoms with E-state index in [0.29, 0.717) is 28.8 Å². The average molecular weight is 366 g/mol. The van der Waals surface area contributed by atoms with Gasteiger partial charge in [-0.1, -0.05) is 30.3 Å². The lowest BCUT2D eigenvalue weighted by Gasteiger charge is -2.44. The van der Waals surface area contributed by atoms with Crippen molar-refractivity contribution in [2.75, 3.05) is 25.0 Å². The topological polar surface area (TPSA) is 123 Å². The molecule has 0 bridgehead atoms. The number of pyridine rings is 1. The van der Waals surface area contributed by atoms with Crippen LogP contribution in [0.4, 0.5) is 10.6 Å². The Kier molecular flexibility index (Phi) is 4.21. The molecule has 3 heterocycles. The number of benzene rings is 1. The summed E-state index contributed by atoms with van der Waals surface area (Å²) in [6.07, 6.45) is 2.04. The van der Waals surface area contributed by atoms with Crippen LogP contribution in [0, 0.1) is 0 Å². The molecule has 138 valence electrons. The molecule has 0 saturated carbocycles. The summed E-state index contributed by atoms with van der Waals surface area (Å²) in [5.74, 6) is -0.0470. The fourth-order valence-electron chi connectivity index (χ4n) is 3.49. The number of aromatic amines is 1. The van der Waals surface area contributed by atoms with E-state index in [-0.39, 0.29) is 13.1 Å². The van der Waals surface area contributed by atoms with E-state index < -0.39 is 17.5 Å². The van der Waals surface area contributed by atoms with Crippen LogP contribution in [0.1, 0.15) is 5.56 Å². The normalized spacial score (nSPS) is 19.8. The van der Waals surface area contributed by atoms with E-state index in [2.05, 4.69) is 25.8 Å². The second-order valence-electron chi connectivity index (χ2n) is 6.28. The minimum absolute atomic E-state index is 0.169. The van der Waals surface area contributed by atoms with E-state index in [4.69, 9.17) is 0 Å². The third kappa shape index (κ3) is 2.77. The number of carbonyl (C=O) groups is 2. The molecule has 2 aromatic heterocycles. The molecule has 27 heavy (non-hydrogen) atoms. The van der Waals surface area contributed by atoms with E-state index in [1.807, 2.05) is 6.07 Å². The van der Waals surface area contributed by atoms with Gasteiger partial charge in [0.2, 0.25) is 0 Å². The number of hydrogen-bond acceptors (Lipinski definition) is 5. The summed E-state index contributed by atoms with van der Waals surface area (Å²) in [6, 6.07) is 10.7. The van der Waals surface area contributed by atoms with E-state index in [1.54, 1.807) is 42.7 Å². The number of hydrogen-bond donors (Lipinski definition) is 4. The first kappa shape index (κ1) is 17.0. The first-order valence-corrected chi connectivity index (χ1v) is 8.49. The van der Waals surface area contributed by atoms with Gasteiger partial charge in [-0.3, -0.25) is 19.8 Å². The molecule has 1 unspecified atom stereocenters. The van der Waals surface area contributed by atoms with Crippen molar-refractivity contribution in [3.8, 4) is 0 Å². The van der Waals surface area contributed by atoms with Crippen molar-refractivity contribution >= 4 is 28.7 Å². The zero-order chi connectivity index (χ0) is 18.9. The zero-order valence-electron chi connectivity index (χ0n) is 14.3. The Morgan fingerprint density at radius 1 is 1.22 bits per heavy atom. The van der Waals surface area contributed by atoms with Crippen LogP contribution in [-0.2, 0) is 10.3 Å². The van der Waals surface area contributed by atoms with Gasteiger partial charge in [0, 0.05) is 31.2 Å². The van der Waals surface area contributed by atoms with Crippen molar-refractivity contribution < 1.29 is 14.7 Å². The molecular formula is C18H18N6O3. The summed E-state index contributed by atoms with van der Waals surface area (Å²) in [7, 11) is 0. The molecule has 1 fully saturated rings. The molecule has 2 amide bonds. The molecule has 1 atom stereocenters. The Bertz CT molecular complexity index is 989. The van der Waals surface area contributed by atoms with E-state index >= 15 is 0 Å². The highest BCUT2D eigenvalue weighted by molar-refractivity contribution is 6.05. The number of H-pyrrole nitrogens is 1. The molecule has 0 radical (unpaired) electrons. The number of carboxylic acid groups (broad SMARTS) is 1. The van der Waals surface area contributed by atoms with E-state index in [0.717, 1.165) is 0 Å². The summed E-state index contributed by atoms with van der Waals surface area (Å²) in [5, 5.41) is 23.4. The van der Waals surface area contributed by atoms with Gasteiger partial charge < -0.3 is 15.7 Å². The van der Waals surface area contributed by atoms with Gasteiger partial charge in [0.25, 0.3) is 5.91 Å². The largest absolute Gasteiger partial charge is 0.465 e. The molecule has 0 spiro atoms. The first-order chi connectivity index (χ1) is 13.1. The van der Waals surface area contributed by atoms with E-state index in [9.17, 15) is 14.7 Å². The summed E-state index contributed by atoms with van der Waals surface area (Å²) in [5.41, 5.74) is -0.184. The monoisotopic (exact) mass is 366 g/mol. The van der Waals surface area contributed by atoms with Gasteiger partial charge in [-0.2, -0.15) is 5.10 Å². The van der Waals surface area contributed by atoms with Crippen molar-refractivity contribution in [2.24, 2.45) is 0 Å². The number of carbonyl (C=O) groups excluding carboxylic acids is 1. The molecule has 1 aliphatic rings. The highest BCUT2D eigenvalue weighted by atomic mass is 16.4. The highest BCUT2D eigenvalue weighted by Crippen LogP contribution is 2.32. The van der Waals surface area contributed by atoms with Gasteiger partial charge in [0.15, 0.2) is 5.54 Å². The van der Waals surface area contributed by atoms with Crippen molar-refractivity contribution in [2.45, 2.75) is 5.54 Å². The minimum Gasteiger partial charge on any atom is -0.465 e. The molecule has 1 aliphatic heterocycles. The lowest BCUT2D eigenvalue weighted by atomic mass is 9.85. The summed E-state index contributed by atoms with van der Waals surface area (Å²) in [6.45, 7) is 0.848. The summed E-state index contributed by atoms with van der Waals surface area (Å²) >= 11 is 0. The maximum Gasteiger partial charge on any atom is 0.408 e. The predicted octanol–water partition coefficient (Wildman–Crippen LogP) is 1.38. The zero-order valence-corrected chi connectivity index (χ0v) is 14.3. The van der Waals surface area contributed by atoms with Crippen molar-refractivity contribution in [3.05, 3.63) is 54.4 Å². The maximum absolute atomic E-state index is 13.4. The second-order valence-corrected chi connectivity index (χ2v) is 6.28. The van der Waals surface area contributed by atoms with Gasteiger partial charge in [-0.05, 0) is 11.6 Å². The van der Waals surface area contributed by atoms with Crippen molar-refractivity contribution in [1.29, 1.82) is 0 Å². The Morgan fingerprint density at radius 2 is 2.04 bits per heavy atom. The van der Waals surface area contributed by atoms with Gasteiger partial charge >= 0.3 is 6.09 Å². The molecular weight excluding hydrogens is 348 g/mol. The number of aromatic nitrogens is 3. The quantitative estimate of drug-likeness (QED) is 0.555. The fraction of sp³-hybridized carbons (Fsp3) is 0.222. The molecule has 3 aromatic rings. The number of fused-ring (bicyclic) bond motifs is 1. The number of anilines is 1. The Labute approximate surface area is 154 Å². The van der Waals surface area contributed by atoms with Gasteiger partial charge in [0.05, 0.1) is 6.20 Å². The summed E-state index contributed by atoms with van der Waals surface area (Å²) < 4.78 is 0. The molecule has 4 rings (SSSR count). The van der Waals surface area contributed by atoms with Crippen LogP contribution in [0.5, 0.6) is 0 Å². The standard InChI is InChI=1S/C18H18N6O3/c25-16(21-15-13-6-7-19-10-14(13)22-23-15)18(12-4-2-1-3-5-12)11-20-8-9-24(18)17(26)27/h1-7,10,20H,8-9,11H2,(H,26,27)(H2,21,22,23,25).